The zero-order chi connectivity index (χ0) is 10.8. The van der Waals surface area contributed by atoms with Crippen molar-refractivity contribution in [3.63, 3.8) is 0 Å². The number of carbonyl (C=O) groups is 1. The third kappa shape index (κ3) is 1.87. The van der Waals surface area contributed by atoms with Gasteiger partial charge in [-0.1, -0.05) is 0 Å². The van der Waals surface area contributed by atoms with E-state index in [2.05, 4.69) is 10.3 Å². The van der Waals surface area contributed by atoms with Crippen LogP contribution in [-0.2, 0) is 0 Å². The SMILES string of the molecule is Cc1ocnc1C(=O)N(C)C1CCNC1. The average molecular weight is 209 g/mol. The molecule has 0 aliphatic carbocycles. The van der Waals surface area contributed by atoms with Crippen LogP contribution in [0.3, 0.4) is 0 Å². The predicted molar refractivity (Wildman–Crippen MR) is 54.6 cm³/mol. The minimum atomic E-state index is -0.0602. The molecule has 0 radical (unpaired) electrons. The van der Waals surface area contributed by atoms with Crippen LogP contribution in [0.1, 0.15) is 22.7 Å². The summed E-state index contributed by atoms with van der Waals surface area (Å²) >= 11 is 0. The molecule has 1 amide bonds. The number of nitrogens with one attached hydrogen (secondary N) is 1. The predicted octanol–water partition coefficient (Wildman–Crippen LogP) is 0.417. The van der Waals surface area contributed by atoms with Gasteiger partial charge in [-0.3, -0.25) is 4.79 Å². The van der Waals surface area contributed by atoms with Crippen LogP contribution >= 0.6 is 0 Å². The third-order valence-electron chi connectivity index (χ3n) is 2.85. The summed E-state index contributed by atoms with van der Waals surface area (Å²) in [6.45, 7) is 3.58. The largest absolute Gasteiger partial charge is 0.448 e. The van der Waals surface area contributed by atoms with Crippen LogP contribution in [0.2, 0.25) is 0 Å². The van der Waals surface area contributed by atoms with Crippen molar-refractivity contribution in [1.82, 2.24) is 15.2 Å². The van der Waals surface area contributed by atoms with Crippen molar-refractivity contribution < 1.29 is 9.21 Å². The summed E-state index contributed by atoms with van der Waals surface area (Å²) in [6.07, 6.45) is 2.31. The number of likely N-dealkylation sites (N-methyl/N-ethyl adjacent to an activating group) is 1. The van der Waals surface area contributed by atoms with Gasteiger partial charge in [-0.15, -0.1) is 0 Å². The first-order chi connectivity index (χ1) is 7.20. The normalized spacial score (nSPS) is 20.5. The summed E-state index contributed by atoms with van der Waals surface area (Å²) in [6, 6.07) is 0.272. The van der Waals surface area contributed by atoms with E-state index in [0.717, 1.165) is 19.5 Å². The molecule has 1 unspecified atom stereocenters. The zero-order valence-electron chi connectivity index (χ0n) is 8.99. The van der Waals surface area contributed by atoms with Crippen molar-refractivity contribution in [3.8, 4) is 0 Å². The van der Waals surface area contributed by atoms with Gasteiger partial charge in [0.2, 0.25) is 0 Å². The van der Waals surface area contributed by atoms with Gasteiger partial charge in [0, 0.05) is 19.6 Å². The van der Waals surface area contributed by atoms with Crippen molar-refractivity contribution in [2.45, 2.75) is 19.4 Å². The maximum absolute atomic E-state index is 12.0. The van der Waals surface area contributed by atoms with Crippen molar-refractivity contribution in [3.05, 3.63) is 17.8 Å². The molecule has 0 bridgehead atoms. The van der Waals surface area contributed by atoms with Gasteiger partial charge in [-0.2, -0.15) is 0 Å². The summed E-state index contributed by atoms with van der Waals surface area (Å²) in [5.74, 6) is 0.521. The molecule has 1 saturated heterocycles. The number of carbonyl (C=O) groups excluding carboxylic acids is 1. The molecule has 5 heteroatoms. The highest BCUT2D eigenvalue weighted by Gasteiger charge is 2.26. The topological polar surface area (TPSA) is 58.4 Å². The average Bonchev–Trinajstić information content (AvgIpc) is 2.85. The zero-order valence-corrected chi connectivity index (χ0v) is 8.99. The molecule has 2 heterocycles. The number of hydrogen-bond acceptors (Lipinski definition) is 4. The fourth-order valence-corrected chi connectivity index (χ4v) is 1.81. The van der Waals surface area contributed by atoms with E-state index in [9.17, 15) is 4.79 Å². The number of nitrogens with zero attached hydrogens (tertiary/aromatic N) is 2. The second-order valence-corrected chi connectivity index (χ2v) is 3.82. The molecule has 1 aliphatic heterocycles. The van der Waals surface area contributed by atoms with E-state index in [0.29, 0.717) is 11.5 Å². The number of hydrogen-bond donors (Lipinski definition) is 1. The minimum Gasteiger partial charge on any atom is -0.448 e. The Morgan fingerprint density at radius 2 is 2.53 bits per heavy atom. The summed E-state index contributed by atoms with van der Waals surface area (Å²) in [5.41, 5.74) is 0.421. The van der Waals surface area contributed by atoms with Crippen LogP contribution in [-0.4, -0.2) is 42.0 Å². The molecule has 1 aromatic rings. The first kappa shape index (κ1) is 10.2. The molecule has 0 aromatic carbocycles. The maximum atomic E-state index is 12.0. The van der Waals surface area contributed by atoms with Gasteiger partial charge < -0.3 is 14.6 Å². The van der Waals surface area contributed by atoms with Crippen LogP contribution in [0, 0.1) is 6.92 Å². The van der Waals surface area contributed by atoms with E-state index in [1.54, 1.807) is 11.8 Å². The van der Waals surface area contributed by atoms with Crippen LogP contribution in [0.4, 0.5) is 0 Å². The first-order valence-electron chi connectivity index (χ1n) is 5.08. The molecule has 1 aromatic heterocycles. The van der Waals surface area contributed by atoms with Gasteiger partial charge >= 0.3 is 0 Å². The Morgan fingerprint density at radius 1 is 1.73 bits per heavy atom. The quantitative estimate of drug-likeness (QED) is 0.766. The number of rotatable bonds is 2. The Bertz CT molecular complexity index is 355. The van der Waals surface area contributed by atoms with E-state index in [1.807, 2.05) is 7.05 Å². The maximum Gasteiger partial charge on any atom is 0.276 e. The summed E-state index contributed by atoms with van der Waals surface area (Å²) in [4.78, 5) is 17.7. The van der Waals surface area contributed by atoms with Crippen molar-refractivity contribution in [1.29, 1.82) is 0 Å². The van der Waals surface area contributed by atoms with E-state index >= 15 is 0 Å². The Morgan fingerprint density at radius 3 is 3.07 bits per heavy atom. The van der Waals surface area contributed by atoms with Crippen LogP contribution < -0.4 is 5.32 Å². The van der Waals surface area contributed by atoms with E-state index in [4.69, 9.17) is 4.42 Å². The molecule has 1 atom stereocenters. The number of oxazole rings is 1. The highest BCUT2D eigenvalue weighted by atomic mass is 16.3. The Labute approximate surface area is 88.5 Å². The monoisotopic (exact) mass is 209 g/mol. The molecule has 1 fully saturated rings. The molecule has 5 nitrogen and oxygen atoms in total. The lowest BCUT2D eigenvalue weighted by Gasteiger charge is -2.22. The second kappa shape index (κ2) is 4.02. The molecule has 2 rings (SSSR count). The molecule has 1 aliphatic rings. The smallest absolute Gasteiger partial charge is 0.276 e. The Balaban J connectivity index is 2.10. The highest BCUT2D eigenvalue weighted by molar-refractivity contribution is 5.93. The fourth-order valence-electron chi connectivity index (χ4n) is 1.81. The van der Waals surface area contributed by atoms with Crippen molar-refractivity contribution in [2.75, 3.05) is 20.1 Å². The summed E-state index contributed by atoms with van der Waals surface area (Å²) < 4.78 is 5.02. The third-order valence-corrected chi connectivity index (χ3v) is 2.85. The molecule has 0 spiro atoms. The van der Waals surface area contributed by atoms with Gasteiger partial charge in [0.1, 0.15) is 5.76 Å². The molecule has 1 N–H and O–H groups in total. The highest BCUT2D eigenvalue weighted by Crippen LogP contribution is 2.12. The lowest BCUT2D eigenvalue weighted by Crippen LogP contribution is -2.38. The number of aryl methyl sites for hydroxylation is 1. The molecule has 15 heavy (non-hydrogen) atoms. The Kier molecular flexibility index (Phi) is 2.73. The van der Waals surface area contributed by atoms with Crippen molar-refractivity contribution in [2.24, 2.45) is 0 Å². The summed E-state index contributed by atoms with van der Waals surface area (Å²) in [5, 5.41) is 3.23. The molecular formula is C10H15N3O2. The lowest BCUT2D eigenvalue weighted by molar-refractivity contribution is 0.0737. The first-order valence-corrected chi connectivity index (χ1v) is 5.08. The molecular weight excluding hydrogens is 194 g/mol. The second-order valence-electron chi connectivity index (χ2n) is 3.82. The minimum absolute atomic E-state index is 0.0602. The standard InChI is InChI=1S/C10H15N3O2/c1-7-9(12-6-15-7)10(14)13(2)8-3-4-11-5-8/h6,8,11H,3-5H2,1-2H3. The van der Waals surface area contributed by atoms with E-state index < -0.39 is 0 Å². The van der Waals surface area contributed by atoms with Gasteiger partial charge in [-0.05, 0) is 19.9 Å². The van der Waals surface area contributed by atoms with Crippen LogP contribution in [0.15, 0.2) is 10.8 Å². The van der Waals surface area contributed by atoms with Crippen molar-refractivity contribution >= 4 is 5.91 Å². The molecule has 82 valence electrons. The van der Waals surface area contributed by atoms with Crippen LogP contribution in [0.25, 0.3) is 0 Å². The Hall–Kier alpha value is -1.36. The summed E-state index contributed by atoms with van der Waals surface area (Å²) in [7, 11) is 1.81. The number of amides is 1. The van der Waals surface area contributed by atoms with Gasteiger partial charge in [0.05, 0.1) is 0 Å². The number of aromatic nitrogens is 1. The van der Waals surface area contributed by atoms with E-state index in [1.165, 1.54) is 6.39 Å². The lowest BCUT2D eigenvalue weighted by atomic mass is 10.2. The van der Waals surface area contributed by atoms with E-state index in [-0.39, 0.29) is 11.9 Å². The van der Waals surface area contributed by atoms with Gasteiger partial charge in [-0.25, -0.2) is 4.98 Å². The van der Waals surface area contributed by atoms with Gasteiger partial charge in [0.25, 0.3) is 5.91 Å². The molecule has 0 saturated carbocycles. The van der Waals surface area contributed by atoms with Gasteiger partial charge in [0.15, 0.2) is 12.1 Å². The van der Waals surface area contributed by atoms with Crippen LogP contribution in [0.5, 0.6) is 0 Å². The fraction of sp³-hybridized carbons (Fsp3) is 0.600.